The van der Waals surface area contributed by atoms with Crippen LogP contribution in [0.2, 0.25) is 0 Å². The van der Waals surface area contributed by atoms with Crippen molar-refractivity contribution in [3.8, 4) is 0 Å². The monoisotopic (exact) mass is 322 g/mol. The lowest BCUT2D eigenvalue weighted by molar-refractivity contribution is -0.104. The first kappa shape index (κ1) is 15.9. The molecule has 23 heavy (non-hydrogen) atoms. The number of hydrogen-bond acceptors (Lipinski definition) is 2. The molecule has 3 rings (SSSR count). The van der Waals surface area contributed by atoms with Crippen LogP contribution in [0.3, 0.4) is 0 Å². The van der Waals surface area contributed by atoms with Crippen LogP contribution in [-0.4, -0.2) is 20.2 Å². The smallest absolute Gasteiger partial charge is 0.285 e. The summed E-state index contributed by atoms with van der Waals surface area (Å²) >= 11 is 0. The number of carbonyl (C=O) groups is 1. The minimum atomic E-state index is -2.59. The van der Waals surface area contributed by atoms with Gasteiger partial charge in [-0.25, -0.2) is 0 Å². The molecular weight excluding hydrogens is 300 g/mol. The summed E-state index contributed by atoms with van der Waals surface area (Å²) in [7, 11) is -2.59. The lowest BCUT2D eigenvalue weighted by Gasteiger charge is -2.31. The van der Waals surface area contributed by atoms with Gasteiger partial charge in [0.05, 0.1) is 5.60 Å². The fourth-order valence-corrected chi connectivity index (χ4v) is 8.43. The van der Waals surface area contributed by atoms with E-state index >= 15 is 0 Å². The Morgan fingerprint density at radius 1 is 1.00 bits per heavy atom. The molecule has 1 heterocycles. The van der Waals surface area contributed by atoms with Crippen molar-refractivity contribution >= 4 is 25.0 Å². The van der Waals surface area contributed by atoms with Gasteiger partial charge >= 0.3 is 0 Å². The van der Waals surface area contributed by atoms with Crippen LogP contribution >= 0.6 is 0 Å². The van der Waals surface area contributed by atoms with Gasteiger partial charge in [0.25, 0.3) is 8.32 Å². The first-order valence-corrected chi connectivity index (χ1v) is 9.87. The number of carbonyl (C=O) groups excluding carboxylic acids is 1. The molecule has 2 aromatic carbocycles. The van der Waals surface area contributed by atoms with Crippen LogP contribution in [0.4, 0.5) is 0 Å². The van der Waals surface area contributed by atoms with Crippen LogP contribution in [0, 0.1) is 0 Å². The molecule has 0 amide bonds. The first-order valence-electron chi connectivity index (χ1n) is 7.96. The van der Waals surface area contributed by atoms with E-state index in [2.05, 4.69) is 62.4 Å². The van der Waals surface area contributed by atoms with Gasteiger partial charge in [-0.05, 0) is 48.3 Å². The molecule has 1 aliphatic rings. The molecule has 2 nitrogen and oxygen atoms in total. The quantitative estimate of drug-likeness (QED) is 0.493. The maximum atomic E-state index is 11.6. The molecule has 0 radical (unpaired) electrons. The minimum Gasteiger partial charge on any atom is -0.399 e. The maximum Gasteiger partial charge on any atom is 0.285 e. The van der Waals surface area contributed by atoms with Crippen molar-refractivity contribution in [3.63, 3.8) is 0 Å². The molecule has 1 fully saturated rings. The van der Waals surface area contributed by atoms with Crippen LogP contribution < -0.4 is 10.4 Å². The second kappa shape index (κ2) is 5.91. The summed E-state index contributed by atoms with van der Waals surface area (Å²) in [5.41, 5.74) is 0.548. The predicted octanol–water partition coefficient (Wildman–Crippen LogP) is 3.00. The van der Waals surface area contributed by atoms with E-state index in [0.29, 0.717) is 0 Å². The zero-order valence-electron chi connectivity index (χ0n) is 13.9. The summed E-state index contributed by atoms with van der Waals surface area (Å²) < 4.78 is 6.77. The molecule has 0 aromatic heterocycles. The number of allylic oxidation sites excluding steroid dienone is 1. The van der Waals surface area contributed by atoms with Crippen molar-refractivity contribution in [3.05, 3.63) is 71.4 Å². The Kier molecular flexibility index (Phi) is 4.09. The maximum absolute atomic E-state index is 11.6. The third-order valence-corrected chi connectivity index (χ3v) is 9.04. The van der Waals surface area contributed by atoms with Gasteiger partial charge in [-0.15, -0.1) is 0 Å². The van der Waals surface area contributed by atoms with Crippen LogP contribution in [0.15, 0.2) is 71.4 Å². The van der Waals surface area contributed by atoms with E-state index in [-0.39, 0.29) is 5.60 Å². The Labute approximate surface area is 138 Å². The van der Waals surface area contributed by atoms with E-state index in [4.69, 9.17) is 4.43 Å². The van der Waals surface area contributed by atoms with Gasteiger partial charge in [-0.3, -0.25) is 4.79 Å². The molecule has 0 spiro atoms. The van der Waals surface area contributed by atoms with Crippen molar-refractivity contribution in [2.45, 2.75) is 32.8 Å². The van der Waals surface area contributed by atoms with Crippen LogP contribution in [0.1, 0.15) is 27.2 Å². The summed E-state index contributed by atoms with van der Waals surface area (Å²) in [6.45, 7) is 6.15. The van der Waals surface area contributed by atoms with Gasteiger partial charge in [0.1, 0.15) is 6.29 Å². The number of benzene rings is 2. The summed E-state index contributed by atoms with van der Waals surface area (Å²) in [5, 5.41) is 3.59. The Balaban J connectivity index is 2.34. The molecule has 3 heteroatoms. The molecule has 2 aromatic rings. The van der Waals surface area contributed by atoms with Crippen molar-refractivity contribution in [2.75, 3.05) is 0 Å². The fourth-order valence-electron chi connectivity index (χ4n) is 3.53. The van der Waals surface area contributed by atoms with E-state index in [0.717, 1.165) is 18.3 Å². The highest BCUT2D eigenvalue weighted by atomic mass is 28.4. The van der Waals surface area contributed by atoms with E-state index < -0.39 is 8.32 Å². The second-order valence-electron chi connectivity index (χ2n) is 6.73. The topological polar surface area (TPSA) is 26.3 Å². The first-order chi connectivity index (χ1) is 11.0. The molecule has 0 atom stereocenters. The predicted molar refractivity (Wildman–Crippen MR) is 96.5 cm³/mol. The van der Waals surface area contributed by atoms with E-state index in [1.54, 1.807) is 0 Å². The van der Waals surface area contributed by atoms with Crippen molar-refractivity contribution in [1.82, 2.24) is 0 Å². The van der Waals surface area contributed by atoms with Gasteiger partial charge in [0.2, 0.25) is 0 Å². The highest BCUT2D eigenvalue weighted by Gasteiger charge is 2.54. The zero-order valence-corrected chi connectivity index (χ0v) is 14.9. The van der Waals surface area contributed by atoms with Gasteiger partial charge in [-0.1, -0.05) is 60.7 Å². The van der Waals surface area contributed by atoms with Crippen LogP contribution in [-0.2, 0) is 9.22 Å². The van der Waals surface area contributed by atoms with Crippen LogP contribution in [0.5, 0.6) is 0 Å². The molecule has 1 aliphatic heterocycles. The lowest BCUT2D eigenvalue weighted by Crippen LogP contribution is -2.61. The number of hydrogen-bond donors (Lipinski definition) is 0. The van der Waals surface area contributed by atoms with Gasteiger partial charge in [0.15, 0.2) is 0 Å². The molecule has 0 aliphatic carbocycles. The highest BCUT2D eigenvalue weighted by Crippen LogP contribution is 2.39. The Morgan fingerprint density at radius 2 is 1.48 bits per heavy atom. The van der Waals surface area contributed by atoms with E-state index in [1.807, 2.05) is 19.1 Å². The highest BCUT2D eigenvalue weighted by molar-refractivity contribution is 7.03. The van der Waals surface area contributed by atoms with Gasteiger partial charge in [-0.2, -0.15) is 0 Å². The lowest BCUT2D eigenvalue weighted by atomic mass is 10.0. The summed E-state index contributed by atoms with van der Waals surface area (Å²) in [6.07, 6.45) is 1.78. The molecule has 1 saturated heterocycles. The van der Waals surface area contributed by atoms with Crippen molar-refractivity contribution < 1.29 is 9.22 Å². The third-order valence-electron chi connectivity index (χ3n) is 4.47. The van der Waals surface area contributed by atoms with E-state index in [9.17, 15) is 4.79 Å². The summed E-state index contributed by atoms with van der Waals surface area (Å²) in [6, 6.07) is 20.8. The third kappa shape index (κ3) is 2.71. The molecule has 0 bridgehead atoms. The Bertz CT molecular complexity index is 693. The fraction of sp³-hybridized carbons (Fsp3) is 0.250. The molecule has 118 valence electrons. The molecular formula is C20H22O2Si. The second-order valence-corrected chi connectivity index (χ2v) is 10.1. The average molecular weight is 322 g/mol. The minimum absolute atomic E-state index is 0.266. The number of aldehydes is 1. The van der Waals surface area contributed by atoms with Gasteiger partial charge < -0.3 is 4.43 Å². The average Bonchev–Trinajstić information content (AvgIpc) is 2.88. The van der Waals surface area contributed by atoms with Crippen molar-refractivity contribution in [1.29, 1.82) is 0 Å². The Hall–Kier alpha value is -1.97. The molecule has 0 N–H and O–H groups in total. The Morgan fingerprint density at radius 3 is 1.91 bits per heavy atom. The summed E-state index contributed by atoms with van der Waals surface area (Å²) in [5.74, 6) is 0. The molecule has 0 unspecified atom stereocenters. The SMILES string of the molecule is CC(C=O)=C1CC(C)(C)O[Si]1(c1ccccc1)c1ccccc1. The van der Waals surface area contributed by atoms with E-state index in [1.165, 1.54) is 15.6 Å². The molecule has 0 saturated carbocycles. The number of rotatable bonds is 3. The largest absolute Gasteiger partial charge is 0.399 e. The van der Waals surface area contributed by atoms with Gasteiger partial charge in [0, 0.05) is 0 Å². The van der Waals surface area contributed by atoms with Crippen LogP contribution in [0.25, 0.3) is 0 Å². The zero-order chi connectivity index (χ0) is 16.5. The standard InChI is InChI=1S/C20H22O2Si/c1-16(15-21)19-14-20(2,3)22-23(19,17-10-6-4-7-11-17)18-12-8-5-9-13-18/h4-13,15H,14H2,1-3H3. The van der Waals surface area contributed by atoms with Crippen molar-refractivity contribution in [2.24, 2.45) is 0 Å². The normalized spacial score (nSPS) is 21.0. The summed E-state index contributed by atoms with van der Waals surface area (Å²) in [4.78, 5) is 11.6.